The van der Waals surface area contributed by atoms with Crippen LogP contribution in [0.25, 0.3) is 0 Å². The molecule has 0 aliphatic rings. The minimum atomic E-state index is -3.25. The summed E-state index contributed by atoms with van der Waals surface area (Å²) in [6.45, 7) is 3.08. The van der Waals surface area contributed by atoms with Crippen LogP contribution in [0.1, 0.15) is 24.3 Å². The van der Waals surface area contributed by atoms with Crippen molar-refractivity contribution in [3.8, 4) is 0 Å². The Balaban J connectivity index is 2.71. The molecule has 1 rings (SSSR count). The number of H-pyrrole nitrogens is 1. The van der Waals surface area contributed by atoms with Crippen molar-refractivity contribution in [2.75, 3.05) is 18.5 Å². The Hall–Kier alpha value is -1.57. The Kier molecular flexibility index (Phi) is 3.46. The second-order valence-electron chi connectivity index (χ2n) is 4.41. The Labute approximate surface area is 99.7 Å². The van der Waals surface area contributed by atoms with Crippen molar-refractivity contribution >= 4 is 21.4 Å². The number of hydrogen-bond acceptors (Lipinski definition) is 5. The molecule has 1 heterocycles. The first-order valence-corrected chi connectivity index (χ1v) is 6.81. The first-order valence-electron chi connectivity index (χ1n) is 4.92. The van der Waals surface area contributed by atoms with E-state index in [0.717, 1.165) is 6.26 Å². The van der Waals surface area contributed by atoms with E-state index in [-0.39, 0.29) is 17.9 Å². The molecule has 1 aromatic heterocycles. The van der Waals surface area contributed by atoms with Gasteiger partial charge in [-0.15, -0.1) is 0 Å². The van der Waals surface area contributed by atoms with Crippen LogP contribution in [0.5, 0.6) is 0 Å². The molecule has 0 saturated carbocycles. The summed E-state index contributed by atoms with van der Waals surface area (Å²) < 4.78 is 21.8. The molecule has 4 N–H and O–H groups in total. The predicted octanol–water partition coefficient (Wildman–Crippen LogP) is -0.455. The number of hydrogen-bond donors (Lipinski definition) is 3. The van der Waals surface area contributed by atoms with Crippen LogP contribution in [-0.4, -0.2) is 42.1 Å². The van der Waals surface area contributed by atoms with Gasteiger partial charge in [0.15, 0.2) is 9.84 Å². The van der Waals surface area contributed by atoms with Gasteiger partial charge in [-0.05, 0) is 13.8 Å². The van der Waals surface area contributed by atoms with Gasteiger partial charge in [-0.3, -0.25) is 9.89 Å². The normalized spacial score (nSPS) is 12.4. The Morgan fingerprint density at radius 2 is 2.18 bits per heavy atom. The summed E-state index contributed by atoms with van der Waals surface area (Å²) in [4.78, 5) is 11.6. The molecule has 17 heavy (non-hydrogen) atoms. The lowest BCUT2D eigenvalue weighted by atomic mass is 10.2. The number of nitrogen functional groups attached to an aromatic ring is 1. The molecule has 0 aliphatic carbocycles. The molecule has 0 aliphatic heterocycles. The van der Waals surface area contributed by atoms with Crippen molar-refractivity contribution in [2.24, 2.45) is 0 Å². The van der Waals surface area contributed by atoms with Gasteiger partial charge in [0.1, 0.15) is 5.69 Å². The molecule has 0 aromatic carbocycles. The van der Waals surface area contributed by atoms with Crippen LogP contribution in [0.3, 0.4) is 0 Å². The lowest BCUT2D eigenvalue weighted by molar-refractivity contribution is 0.0946. The molecule has 0 unspecified atom stereocenters. The molecular weight excluding hydrogens is 244 g/mol. The van der Waals surface area contributed by atoms with E-state index in [1.807, 2.05) is 0 Å². The largest absolute Gasteiger partial charge is 0.396 e. The monoisotopic (exact) mass is 260 g/mol. The Morgan fingerprint density at radius 3 is 2.59 bits per heavy atom. The van der Waals surface area contributed by atoms with Crippen molar-refractivity contribution in [2.45, 2.75) is 18.6 Å². The number of rotatable bonds is 4. The second-order valence-corrected chi connectivity index (χ2v) is 7.06. The lowest BCUT2D eigenvalue weighted by Gasteiger charge is -2.22. The molecular formula is C9H16N4O3S. The Bertz CT molecular complexity index is 518. The van der Waals surface area contributed by atoms with Gasteiger partial charge in [0.2, 0.25) is 0 Å². The summed E-state index contributed by atoms with van der Waals surface area (Å²) in [6, 6.07) is 0. The first kappa shape index (κ1) is 13.5. The van der Waals surface area contributed by atoms with E-state index >= 15 is 0 Å². The van der Waals surface area contributed by atoms with Gasteiger partial charge in [0.25, 0.3) is 5.91 Å². The number of carbonyl (C=O) groups is 1. The molecule has 0 radical (unpaired) electrons. The van der Waals surface area contributed by atoms with Gasteiger partial charge < -0.3 is 11.1 Å². The third-order valence-corrected chi connectivity index (χ3v) is 4.73. The Morgan fingerprint density at radius 1 is 1.59 bits per heavy atom. The third-order valence-electron chi connectivity index (χ3n) is 2.57. The van der Waals surface area contributed by atoms with Gasteiger partial charge in [-0.2, -0.15) is 5.10 Å². The molecule has 0 spiro atoms. The van der Waals surface area contributed by atoms with Gasteiger partial charge in [0.05, 0.1) is 16.6 Å². The van der Waals surface area contributed by atoms with E-state index in [1.165, 1.54) is 6.20 Å². The minimum Gasteiger partial charge on any atom is -0.396 e. The average Bonchev–Trinajstić information content (AvgIpc) is 2.59. The van der Waals surface area contributed by atoms with Gasteiger partial charge >= 0.3 is 0 Å². The molecule has 0 fully saturated rings. The van der Waals surface area contributed by atoms with Crippen LogP contribution < -0.4 is 11.1 Å². The number of aromatic nitrogens is 2. The van der Waals surface area contributed by atoms with E-state index in [9.17, 15) is 13.2 Å². The number of aromatic amines is 1. The summed E-state index contributed by atoms with van der Waals surface area (Å²) in [5, 5.41) is 8.55. The average molecular weight is 260 g/mol. The van der Waals surface area contributed by atoms with E-state index in [2.05, 4.69) is 15.5 Å². The quantitative estimate of drug-likeness (QED) is 0.677. The number of amides is 1. The maximum Gasteiger partial charge on any atom is 0.271 e. The number of carbonyl (C=O) groups excluding carboxylic acids is 1. The van der Waals surface area contributed by atoms with E-state index in [1.54, 1.807) is 13.8 Å². The number of nitrogens with two attached hydrogens (primary N) is 1. The standard InChI is InChI=1S/C9H16N4O3S/c1-9(2,17(3,15)16)5-11-8(14)7-6(10)4-12-13-7/h4H,5,10H2,1-3H3,(H,11,14)(H,12,13). The lowest BCUT2D eigenvalue weighted by Crippen LogP contribution is -2.43. The first-order chi connectivity index (χ1) is 7.65. The van der Waals surface area contributed by atoms with Crippen LogP contribution in [0, 0.1) is 0 Å². The fourth-order valence-electron chi connectivity index (χ4n) is 0.990. The number of sulfone groups is 1. The predicted molar refractivity (Wildman–Crippen MR) is 64.3 cm³/mol. The van der Waals surface area contributed by atoms with Crippen molar-refractivity contribution in [1.29, 1.82) is 0 Å². The minimum absolute atomic E-state index is 0.00310. The zero-order chi connectivity index (χ0) is 13.3. The summed E-state index contributed by atoms with van der Waals surface area (Å²) in [5.41, 5.74) is 5.85. The summed E-state index contributed by atoms with van der Waals surface area (Å²) in [7, 11) is -3.25. The highest BCUT2D eigenvalue weighted by Crippen LogP contribution is 2.14. The maximum absolute atomic E-state index is 11.6. The van der Waals surface area contributed by atoms with Gasteiger partial charge in [-0.1, -0.05) is 0 Å². The van der Waals surface area contributed by atoms with E-state index in [0.29, 0.717) is 0 Å². The van der Waals surface area contributed by atoms with Crippen LogP contribution in [0.15, 0.2) is 6.20 Å². The summed E-state index contributed by atoms with van der Waals surface area (Å²) in [5.74, 6) is -0.475. The van der Waals surface area contributed by atoms with Crippen LogP contribution in [0.4, 0.5) is 5.69 Å². The highest BCUT2D eigenvalue weighted by molar-refractivity contribution is 7.92. The van der Waals surface area contributed by atoms with Crippen molar-refractivity contribution in [1.82, 2.24) is 15.5 Å². The highest BCUT2D eigenvalue weighted by atomic mass is 32.2. The molecule has 1 aromatic rings. The van der Waals surface area contributed by atoms with Crippen molar-refractivity contribution in [3.63, 3.8) is 0 Å². The fraction of sp³-hybridized carbons (Fsp3) is 0.556. The number of nitrogens with zero attached hydrogens (tertiary/aromatic N) is 1. The summed E-state index contributed by atoms with van der Waals surface area (Å²) >= 11 is 0. The molecule has 1 amide bonds. The number of anilines is 1. The molecule has 7 nitrogen and oxygen atoms in total. The molecule has 0 bridgehead atoms. The third kappa shape index (κ3) is 2.96. The van der Waals surface area contributed by atoms with Crippen LogP contribution in [0.2, 0.25) is 0 Å². The van der Waals surface area contributed by atoms with Crippen LogP contribution >= 0.6 is 0 Å². The van der Waals surface area contributed by atoms with Crippen LogP contribution in [-0.2, 0) is 9.84 Å². The highest BCUT2D eigenvalue weighted by Gasteiger charge is 2.30. The summed E-state index contributed by atoms with van der Waals surface area (Å²) in [6.07, 6.45) is 2.44. The smallest absolute Gasteiger partial charge is 0.271 e. The molecule has 8 heteroatoms. The maximum atomic E-state index is 11.6. The second kappa shape index (κ2) is 4.36. The molecule has 0 atom stereocenters. The van der Waals surface area contributed by atoms with E-state index in [4.69, 9.17) is 5.73 Å². The zero-order valence-electron chi connectivity index (χ0n) is 9.94. The van der Waals surface area contributed by atoms with E-state index < -0.39 is 20.5 Å². The van der Waals surface area contributed by atoms with Crippen molar-refractivity contribution < 1.29 is 13.2 Å². The zero-order valence-corrected chi connectivity index (χ0v) is 10.8. The van der Waals surface area contributed by atoms with Crippen molar-refractivity contribution in [3.05, 3.63) is 11.9 Å². The molecule has 96 valence electrons. The SMILES string of the molecule is CC(C)(CNC(=O)c1[nH]ncc1N)S(C)(=O)=O. The van der Waals surface area contributed by atoms with Gasteiger partial charge in [0, 0.05) is 12.8 Å². The van der Waals surface area contributed by atoms with Gasteiger partial charge in [-0.25, -0.2) is 8.42 Å². The topological polar surface area (TPSA) is 118 Å². The number of nitrogens with one attached hydrogen (secondary N) is 2. The fourth-order valence-corrected chi connectivity index (χ4v) is 1.32. The molecule has 0 saturated heterocycles.